The summed E-state index contributed by atoms with van der Waals surface area (Å²) in [6.07, 6.45) is 3.68. The van der Waals surface area contributed by atoms with Gasteiger partial charge in [-0.1, -0.05) is 32.9 Å². The summed E-state index contributed by atoms with van der Waals surface area (Å²) in [5.74, 6) is -0.531. The molecule has 0 spiro atoms. The van der Waals surface area contributed by atoms with Gasteiger partial charge in [0, 0.05) is 17.2 Å². The van der Waals surface area contributed by atoms with Gasteiger partial charge in [-0.15, -0.1) is 0 Å². The van der Waals surface area contributed by atoms with Crippen LogP contribution in [0.3, 0.4) is 0 Å². The van der Waals surface area contributed by atoms with Crippen LogP contribution in [0, 0.1) is 16.7 Å². The first kappa shape index (κ1) is 14.8. The van der Waals surface area contributed by atoms with Crippen LogP contribution in [0.15, 0.2) is 36.0 Å². The van der Waals surface area contributed by atoms with Gasteiger partial charge in [-0.2, -0.15) is 0 Å². The first-order valence-corrected chi connectivity index (χ1v) is 7.63. The highest BCUT2D eigenvalue weighted by atomic mass is 16.4. The Morgan fingerprint density at radius 2 is 2.00 bits per heavy atom. The number of hydrogen-bond acceptors (Lipinski definition) is 3. The summed E-state index contributed by atoms with van der Waals surface area (Å²) in [5, 5.41) is 12.3. The van der Waals surface area contributed by atoms with Crippen molar-refractivity contribution in [3.8, 4) is 0 Å². The van der Waals surface area contributed by atoms with E-state index < -0.39 is 5.97 Å². The molecule has 2 bridgehead atoms. The summed E-state index contributed by atoms with van der Waals surface area (Å²) in [4.78, 5) is 24.0. The van der Waals surface area contributed by atoms with Gasteiger partial charge in [0.25, 0.3) is 0 Å². The number of allylic oxidation sites excluding steroid dienone is 1. The Morgan fingerprint density at radius 3 is 2.59 bits per heavy atom. The second-order valence-corrected chi connectivity index (χ2v) is 7.07. The molecule has 116 valence electrons. The normalized spacial score (nSPS) is 30.8. The van der Waals surface area contributed by atoms with E-state index in [0.717, 1.165) is 18.4 Å². The molecule has 0 saturated heterocycles. The third-order valence-corrected chi connectivity index (χ3v) is 5.91. The van der Waals surface area contributed by atoms with E-state index in [-0.39, 0.29) is 28.1 Å². The lowest BCUT2D eigenvalue weighted by Gasteiger charge is -2.31. The summed E-state index contributed by atoms with van der Waals surface area (Å²) in [5.41, 5.74) is 1.20. The van der Waals surface area contributed by atoms with Gasteiger partial charge in [-0.05, 0) is 36.3 Å². The molecule has 1 aromatic rings. The number of hydrogen-bond donors (Lipinski definition) is 2. The zero-order chi connectivity index (χ0) is 16.1. The summed E-state index contributed by atoms with van der Waals surface area (Å²) >= 11 is 0. The number of aromatic carboxylic acids is 1. The van der Waals surface area contributed by atoms with Crippen LogP contribution in [0.1, 0.15) is 44.0 Å². The lowest BCUT2D eigenvalue weighted by molar-refractivity contribution is -0.125. The van der Waals surface area contributed by atoms with Crippen molar-refractivity contribution in [1.82, 2.24) is 0 Å². The molecular formula is C18H21NO3. The van der Waals surface area contributed by atoms with Crippen LogP contribution in [-0.4, -0.2) is 16.9 Å². The molecule has 4 heteroatoms. The first-order valence-electron chi connectivity index (χ1n) is 7.63. The van der Waals surface area contributed by atoms with Gasteiger partial charge < -0.3 is 10.4 Å². The molecule has 22 heavy (non-hydrogen) atoms. The lowest BCUT2D eigenvalue weighted by Crippen LogP contribution is -2.32. The third kappa shape index (κ3) is 1.83. The number of fused-ring (bicyclic) bond motifs is 2. The number of nitrogens with one attached hydrogen (secondary N) is 1. The fourth-order valence-corrected chi connectivity index (χ4v) is 4.04. The molecule has 1 aromatic carbocycles. The van der Waals surface area contributed by atoms with Gasteiger partial charge in [0.15, 0.2) is 5.78 Å². The van der Waals surface area contributed by atoms with Crippen LogP contribution in [0.4, 0.5) is 5.69 Å². The maximum absolute atomic E-state index is 12.7. The van der Waals surface area contributed by atoms with Gasteiger partial charge in [-0.25, -0.2) is 4.79 Å². The average Bonchev–Trinajstić information content (AvgIpc) is 2.78. The van der Waals surface area contributed by atoms with Gasteiger partial charge in [0.05, 0.1) is 11.3 Å². The molecule has 3 rings (SSSR count). The van der Waals surface area contributed by atoms with Crippen molar-refractivity contribution < 1.29 is 14.7 Å². The predicted octanol–water partition coefficient (Wildman–Crippen LogP) is 3.71. The Labute approximate surface area is 130 Å². The number of anilines is 1. The SMILES string of the molecule is CC1(C)[C@H]2CC[C@@]1(C)C(=O)/C2=C/Nc1ccccc1C(=O)O. The van der Waals surface area contributed by atoms with Crippen molar-refractivity contribution in [3.63, 3.8) is 0 Å². The van der Waals surface area contributed by atoms with E-state index in [9.17, 15) is 14.7 Å². The van der Waals surface area contributed by atoms with Crippen LogP contribution in [0.25, 0.3) is 0 Å². The second kappa shape index (κ2) is 4.70. The number of Topliss-reactive ketones (excluding diaryl/α,β-unsaturated/α-hetero) is 1. The van der Waals surface area contributed by atoms with Crippen molar-refractivity contribution in [1.29, 1.82) is 0 Å². The van der Waals surface area contributed by atoms with Crippen LogP contribution >= 0.6 is 0 Å². The summed E-state index contributed by atoms with van der Waals surface area (Å²) in [6.45, 7) is 6.38. The maximum Gasteiger partial charge on any atom is 0.337 e. The minimum atomic E-state index is -0.979. The number of ketones is 1. The minimum Gasteiger partial charge on any atom is -0.478 e. The molecule has 2 aliphatic rings. The molecule has 0 radical (unpaired) electrons. The van der Waals surface area contributed by atoms with Crippen molar-refractivity contribution in [2.24, 2.45) is 16.7 Å². The molecule has 2 saturated carbocycles. The van der Waals surface area contributed by atoms with Crippen molar-refractivity contribution in [2.75, 3.05) is 5.32 Å². The van der Waals surface area contributed by atoms with Crippen molar-refractivity contribution in [3.05, 3.63) is 41.6 Å². The molecule has 0 unspecified atom stereocenters. The Balaban J connectivity index is 1.93. The largest absolute Gasteiger partial charge is 0.478 e. The third-order valence-electron chi connectivity index (χ3n) is 5.91. The molecular weight excluding hydrogens is 278 g/mol. The Bertz CT molecular complexity index is 689. The fraction of sp³-hybridized carbons (Fsp3) is 0.444. The fourth-order valence-electron chi connectivity index (χ4n) is 4.04. The quantitative estimate of drug-likeness (QED) is 0.835. The number of carboxylic acids is 1. The zero-order valence-electron chi connectivity index (χ0n) is 13.1. The van der Waals surface area contributed by atoms with Crippen molar-refractivity contribution in [2.45, 2.75) is 33.6 Å². The van der Waals surface area contributed by atoms with Gasteiger partial charge in [0.1, 0.15) is 0 Å². The molecule has 2 atom stereocenters. The highest BCUT2D eigenvalue weighted by Crippen LogP contribution is 2.65. The number of carboxylic acid groups (broad SMARTS) is 1. The Hall–Kier alpha value is -2.10. The number of benzene rings is 1. The molecule has 0 amide bonds. The molecule has 2 fully saturated rings. The van der Waals surface area contributed by atoms with Gasteiger partial charge in [-0.3, -0.25) is 4.79 Å². The van der Waals surface area contributed by atoms with Crippen LogP contribution in [0.2, 0.25) is 0 Å². The highest BCUT2D eigenvalue weighted by molar-refractivity contribution is 6.05. The maximum atomic E-state index is 12.7. The van der Waals surface area contributed by atoms with Crippen LogP contribution in [0.5, 0.6) is 0 Å². The predicted molar refractivity (Wildman–Crippen MR) is 84.7 cm³/mol. The first-order chi connectivity index (χ1) is 10.3. The highest BCUT2D eigenvalue weighted by Gasteiger charge is 2.63. The van der Waals surface area contributed by atoms with E-state index in [2.05, 4.69) is 26.1 Å². The summed E-state index contributed by atoms with van der Waals surface area (Å²) < 4.78 is 0. The standard InChI is InChI=1S/C18H21NO3/c1-17(2)13-8-9-18(17,3)15(20)12(13)10-19-14-7-5-4-6-11(14)16(21)22/h4-7,10,13,19H,8-9H2,1-3H3,(H,21,22)/b12-10+/t13-,18-/m0/s1. The number of rotatable bonds is 3. The number of para-hydroxylation sites is 1. The van der Waals surface area contributed by atoms with E-state index >= 15 is 0 Å². The summed E-state index contributed by atoms with van der Waals surface area (Å²) in [6, 6.07) is 6.73. The topological polar surface area (TPSA) is 66.4 Å². The molecule has 4 nitrogen and oxygen atoms in total. The zero-order valence-corrected chi connectivity index (χ0v) is 13.1. The smallest absolute Gasteiger partial charge is 0.337 e. The van der Waals surface area contributed by atoms with E-state index in [0.29, 0.717) is 5.69 Å². The molecule has 2 aliphatic carbocycles. The molecule has 2 N–H and O–H groups in total. The second-order valence-electron chi connectivity index (χ2n) is 7.07. The van der Waals surface area contributed by atoms with Crippen LogP contribution < -0.4 is 5.32 Å². The lowest BCUT2D eigenvalue weighted by atomic mass is 9.70. The molecule has 0 aromatic heterocycles. The summed E-state index contributed by atoms with van der Waals surface area (Å²) in [7, 11) is 0. The van der Waals surface area contributed by atoms with E-state index in [1.165, 1.54) is 0 Å². The van der Waals surface area contributed by atoms with Gasteiger partial charge in [0.2, 0.25) is 0 Å². The Morgan fingerprint density at radius 1 is 1.32 bits per heavy atom. The molecule has 0 heterocycles. The van der Waals surface area contributed by atoms with Crippen LogP contribution in [-0.2, 0) is 4.79 Å². The van der Waals surface area contributed by atoms with E-state index in [1.54, 1.807) is 30.5 Å². The average molecular weight is 299 g/mol. The monoisotopic (exact) mass is 299 g/mol. The minimum absolute atomic E-state index is 0.0378. The van der Waals surface area contributed by atoms with E-state index in [1.807, 2.05) is 0 Å². The van der Waals surface area contributed by atoms with Gasteiger partial charge >= 0.3 is 5.97 Å². The van der Waals surface area contributed by atoms with E-state index in [4.69, 9.17) is 0 Å². The number of carbonyl (C=O) groups is 2. The Kier molecular flexibility index (Phi) is 3.17. The number of carbonyl (C=O) groups excluding carboxylic acids is 1. The van der Waals surface area contributed by atoms with Crippen molar-refractivity contribution >= 4 is 17.4 Å². The molecule has 0 aliphatic heterocycles.